The summed E-state index contributed by atoms with van der Waals surface area (Å²) in [6.07, 6.45) is 4.77. The van der Waals surface area contributed by atoms with Gasteiger partial charge >= 0.3 is 0 Å². The maximum absolute atomic E-state index is 5.20. The molecule has 6 heteroatoms. The van der Waals surface area contributed by atoms with Crippen LogP contribution in [0, 0.1) is 6.92 Å². The molecule has 152 valence electrons. The van der Waals surface area contributed by atoms with Crippen molar-refractivity contribution in [1.82, 2.24) is 20.2 Å². The highest BCUT2D eigenvalue weighted by atomic mass is 16.5. The quantitative estimate of drug-likeness (QED) is 0.457. The smallest absolute Gasteiger partial charge is 0.191 e. The fraction of sp³-hybridized carbons (Fsp3) is 0.304. The lowest BCUT2D eigenvalue weighted by Crippen LogP contribution is -2.37. The first-order valence-corrected chi connectivity index (χ1v) is 9.81. The van der Waals surface area contributed by atoms with Gasteiger partial charge in [0.1, 0.15) is 11.6 Å². The van der Waals surface area contributed by atoms with Gasteiger partial charge in [-0.1, -0.05) is 36.4 Å². The Hall–Kier alpha value is -3.28. The van der Waals surface area contributed by atoms with Gasteiger partial charge in [0.25, 0.3) is 0 Å². The molecule has 0 saturated carbocycles. The Labute approximate surface area is 172 Å². The predicted octanol–water partition coefficient (Wildman–Crippen LogP) is 3.16. The molecule has 29 heavy (non-hydrogen) atoms. The number of nitrogens with one attached hydrogen (secondary N) is 2. The van der Waals surface area contributed by atoms with Crippen LogP contribution in [0.4, 0.5) is 0 Å². The van der Waals surface area contributed by atoms with Crippen LogP contribution in [0.3, 0.4) is 0 Å². The second-order valence-corrected chi connectivity index (χ2v) is 6.87. The minimum absolute atomic E-state index is 0.721. The molecule has 0 radical (unpaired) electrons. The molecular formula is C23H29N5O. The number of imidazole rings is 1. The normalized spacial score (nSPS) is 11.3. The average molecular weight is 392 g/mol. The summed E-state index contributed by atoms with van der Waals surface area (Å²) in [5.41, 5.74) is 3.74. The molecule has 0 atom stereocenters. The summed E-state index contributed by atoms with van der Waals surface area (Å²) in [5.74, 6) is 2.70. The number of methoxy groups -OCH3 is 1. The summed E-state index contributed by atoms with van der Waals surface area (Å²) >= 11 is 0. The van der Waals surface area contributed by atoms with Crippen molar-refractivity contribution in [3.8, 4) is 5.75 Å². The Bertz CT molecular complexity index is 930. The largest absolute Gasteiger partial charge is 0.497 e. The lowest BCUT2D eigenvalue weighted by molar-refractivity contribution is 0.414. The van der Waals surface area contributed by atoms with Crippen LogP contribution in [-0.4, -0.2) is 36.2 Å². The van der Waals surface area contributed by atoms with Gasteiger partial charge in [-0.25, -0.2) is 4.98 Å². The Morgan fingerprint density at radius 2 is 1.86 bits per heavy atom. The number of hydrogen-bond acceptors (Lipinski definition) is 3. The molecule has 0 aliphatic heterocycles. The highest BCUT2D eigenvalue weighted by molar-refractivity contribution is 5.79. The van der Waals surface area contributed by atoms with E-state index in [9.17, 15) is 0 Å². The second-order valence-electron chi connectivity index (χ2n) is 6.87. The number of aliphatic imine (C=N–C) groups is 1. The highest BCUT2D eigenvalue weighted by Gasteiger charge is 2.02. The number of hydrogen-bond donors (Lipinski definition) is 2. The maximum atomic E-state index is 5.20. The first-order valence-electron chi connectivity index (χ1n) is 9.81. The van der Waals surface area contributed by atoms with E-state index in [-0.39, 0.29) is 0 Å². The molecular weight excluding hydrogens is 362 g/mol. The molecule has 0 fully saturated rings. The summed E-state index contributed by atoms with van der Waals surface area (Å²) in [6, 6.07) is 16.7. The lowest BCUT2D eigenvalue weighted by Gasteiger charge is -2.13. The van der Waals surface area contributed by atoms with Gasteiger partial charge in [-0.05, 0) is 42.2 Å². The molecule has 0 bridgehead atoms. The third kappa shape index (κ3) is 6.10. The van der Waals surface area contributed by atoms with E-state index in [0.29, 0.717) is 0 Å². The fourth-order valence-electron chi connectivity index (χ4n) is 3.13. The molecule has 6 nitrogen and oxygen atoms in total. The standard InChI is InChI=1S/C23H29N5O/c1-18-25-13-14-28(18)17-21-6-4-5-20(15-21)16-27-23(24-2)26-12-11-19-7-9-22(29-3)10-8-19/h4-10,13-15H,11-12,16-17H2,1-3H3,(H2,24,26,27). The number of benzene rings is 2. The summed E-state index contributed by atoms with van der Waals surface area (Å²) in [5, 5.41) is 6.76. The zero-order chi connectivity index (χ0) is 20.5. The van der Waals surface area contributed by atoms with Crippen LogP contribution < -0.4 is 15.4 Å². The van der Waals surface area contributed by atoms with Crippen LogP contribution in [0.25, 0.3) is 0 Å². The van der Waals surface area contributed by atoms with Gasteiger partial charge in [-0.15, -0.1) is 0 Å². The Morgan fingerprint density at radius 3 is 2.55 bits per heavy atom. The van der Waals surface area contributed by atoms with Crippen molar-refractivity contribution >= 4 is 5.96 Å². The van der Waals surface area contributed by atoms with Crippen molar-refractivity contribution < 1.29 is 4.74 Å². The predicted molar refractivity (Wildman–Crippen MR) is 117 cm³/mol. The van der Waals surface area contributed by atoms with Crippen molar-refractivity contribution in [2.45, 2.75) is 26.4 Å². The Kier molecular flexibility index (Phi) is 7.28. The first-order chi connectivity index (χ1) is 14.2. The van der Waals surface area contributed by atoms with Gasteiger partial charge < -0.3 is 19.9 Å². The number of aromatic nitrogens is 2. The summed E-state index contributed by atoms with van der Waals surface area (Å²) in [4.78, 5) is 8.60. The number of rotatable bonds is 8. The van der Waals surface area contributed by atoms with E-state index in [1.54, 1.807) is 14.2 Å². The van der Waals surface area contributed by atoms with Crippen molar-refractivity contribution in [1.29, 1.82) is 0 Å². The van der Waals surface area contributed by atoms with Gasteiger partial charge in [0.05, 0.1) is 7.11 Å². The van der Waals surface area contributed by atoms with E-state index in [4.69, 9.17) is 4.74 Å². The molecule has 3 rings (SSSR count). The molecule has 0 amide bonds. The van der Waals surface area contributed by atoms with Crippen LogP contribution >= 0.6 is 0 Å². The zero-order valence-electron chi connectivity index (χ0n) is 17.4. The molecule has 3 aromatic rings. The van der Waals surface area contributed by atoms with Crippen molar-refractivity contribution in [3.63, 3.8) is 0 Å². The van der Waals surface area contributed by atoms with Crippen LogP contribution in [0.1, 0.15) is 22.5 Å². The third-order valence-electron chi connectivity index (χ3n) is 4.82. The van der Waals surface area contributed by atoms with E-state index in [1.807, 2.05) is 31.5 Å². The average Bonchev–Trinajstić information content (AvgIpc) is 3.15. The van der Waals surface area contributed by atoms with Gasteiger partial charge in [-0.3, -0.25) is 4.99 Å². The maximum Gasteiger partial charge on any atom is 0.191 e. The van der Waals surface area contributed by atoms with Gasteiger partial charge in [0.2, 0.25) is 0 Å². The molecule has 0 aliphatic rings. The molecule has 2 aromatic carbocycles. The Morgan fingerprint density at radius 1 is 1.07 bits per heavy atom. The SMILES string of the molecule is CN=C(NCCc1ccc(OC)cc1)NCc1cccc(Cn2ccnc2C)c1. The molecule has 1 heterocycles. The minimum atomic E-state index is 0.721. The number of guanidine groups is 1. The number of nitrogens with zero attached hydrogens (tertiary/aromatic N) is 3. The fourth-order valence-corrected chi connectivity index (χ4v) is 3.13. The zero-order valence-corrected chi connectivity index (χ0v) is 17.4. The van der Waals surface area contributed by atoms with E-state index in [1.165, 1.54) is 16.7 Å². The molecule has 0 spiro atoms. The van der Waals surface area contributed by atoms with E-state index in [2.05, 4.69) is 61.6 Å². The molecule has 2 N–H and O–H groups in total. The van der Waals surface area contributed by atoms with Crippen molar-refractivity contribution in [2.75, 3.05) is 20.7 Å². The lowest BCUT2D eigenvalue weighted by atomic mass is 10.1. The van der Waals surface area contributed by atoms with Crippen molar-refractivity contribution in [2.24, 2.45) is 4.99 Å². The molecule has 1 aromatic heterocycles. The molecule has 0 aliphatic carbocycles. The third-order valence-corrected chi connectivity index (χ3v) is 4.82. The first kappa shape index (κ1) is 20.5. The van der Waals surface area contributed by atoms with Crippen LogP contribution in [0.5, 0.6) is 5.75 Å². The number of ether oxygens (including phenoxy) is 1. The van der Waals surface area contributed by atoms with Gasteiger partial charge in [-0.2, -0.15) is 0 Å². The summed E-state index contributed by atoms with van der Waals surface area (Å²) in [7, 11) is 3.47. The van der Waals surface area contributed by atoms with E-state index >= 15 is 0 Å². The summed E-state index contributed by atoms with van der Waals surface area (Å²) < 4.78 is 7.34. The van der Waals surface area contributed by atoms with Crippen LogP contribution in [-0.2, 0) is 19.5 Å². The van der Waals surface area contributed by atoms with Gasteiger partial charge in [0.15, 0.2) is 5.96 Å². The van der Waals surface area contributed by atoms with Crippen molar-refractivity contribution in [3.05, 3.63) is 83.4 Å². The topological polar surface area (TPSA) is 63.5 Å². The van der Waals surface area contributed by atoms with Gasteiger partial charge in [0, 0.05) is 39.1 Å². The van der Waals surface area contributed by atoms with E-state index < -0.39 is 0 Å². The highest BCUT2D eigenvalue weighted by Crippen LogP contribution is 2.11. The number of aryl methyl sites for hydroxylation is 1. The summed E-state index contributed by atoms with van der Waals surface area (Å²) in [6.45, 7) is 4.38. The Balaban J connectivity index is 1.47. The monoisotopic (exact) mass is 391 g/mol. The van der Waals surface area contributed by atoms with Crippen LogP contribution in [0.2, 0.25) is 0 Å². The second kappa shape index (κ2) is 10.3. The molecule has 0 unspecified atom stereocenters. The van der Waals surface area contributed by atoms with Crippen LogP contribution in [0.15, 0.2) is 65.9 Å². The van der Waals surface area contributed by atoms with E-state index in [0.717, 1.165) is 43.6 Å². The minimum Gasteiger partial charge on any atom is -0.497 e. The molecule has 0 saturated heterocycles.